The second-order valence-electron chi connectivity index (χ2n) is 4.90. The van der Waals surface area contributed by atoms with Crippen LogP contribution in [0.15, 0.2) is 10.7 Å². The van der Waals surface area contributed by atoms with Crippen LogP contribution in [0, 0.1) is 5.92 Å². The van der Waals surface area contributed by atoms with Gasteiger partial charge in [0.2, 0.25) is 0 Å². The molecule has 2 N–H and O–H groups in total. The van der Waals surface area contributed by atoms with Crippen LogP contribution >= 0.6 is 0 Å². The first-order valence-electron chi connectivity index (χ1n) is 6.73. The Hall–Kier alpha value is -1.03. The van der Waals surface area contributed by atoms with Crippen molar-refractivity contribution in [1.29, 1.82) is 0 Å². The topological polar surface area (TPSA) is 55.3 Å². The third kappa shape index (κ3) is 3.22. The molecular weight excluding hydrogens is 214 g/mol. The van der Waals surface area contributed by atoms with E-state index in [-0.39, 0.29) is 0 Å². The van der Waals surface area contributed by atoms with Gasteiger partial charge in [-0.15, -0.1) is 0 Å². The fourth-order valence-electron chi connectivity index (χ4n) is 2.59. The van der Waals surface area contributed by atoms with Crippen molar-refractivity contribution in [3.63, 3.8) is 0 Å². The Kier molecular flexibility index (Phi) is 4.42. The van der Waals surface area contributed by atoms with Crippen molar-refractivity contribution in [3.05, 3.63) is 12.0 Å². The van der Waals surface area contributed by atoms with Crippen LogP contribution in [-0.4, -0.2) is 18.1 Å². The lowest BCUT2D eigenvalue weighted by Gasteiger charge is -2.17. The Bertz CT molecular complexity index is 337. The van der Waals surface area contributed by atoms with Crippen molar-refractivity contribution >= 4 is 6.01 Å². The van der Waals surface area contributed by atoms with Crippen LogP contribution in [0.4, 0.5) is 6.01 Å². The molecule has 0 radical (unpaired) electrons. The van der Waals surface area contributed by atoms with E-state index in [0.717, 1.165) is 30.7 Å². The lowest BCUT2D eigenvalue weighted by Crippen LogP contribution is -2.24. The number of hydrogen-bond acceptors (Lipinski definition) is 4. The predicted molar refractivity (Wildman–Crippen MR) is 68.9 cm³/mol. The number of nitrogens with zero attached hydrogens (tertiary/aromatic N) is 2. The summed E-state index contributed by atoms with van der Waals surface area (Å²) in [5, 5.41) is 0. The molecule has 1 fully saturated rings. The largest absolute Gasteiger partial charge is 0.432 e. The summed E-state index contributed by atoms with van der Waals surface area (Å²) in [6.07, 6.45) is 8.16. The molecular formula is C13H23N3O. The fourth-order valence-corrected chi connectivity index (χ4v) is 2.59. The number of oxazole rings is 1. The molecule has 2 rings (SSSR count). The zero-order valence-electron chi connectivity index (χ0n) is 10.7. The first kappa shape index (κ1) is 12.4. The summed E-state index contributed by atoms with van der Waals surface area (Å²) in [5.74, 6) is 0.883. The molecule has 1 unspecified atom stereocenters. The van der Waals surface area contributed by atoms with Gasteiger partial charge in [-0.2, -0.15) is 4.98 Å². The average molecular weight is 237 g/mol. The standard InChI is InChI=1S/C13H23N3O/c1-2-4-11-5-3-7-16(8-6-11)13-15-12(9-14)10-17-13/h10-11H,2-9,14H2,1H3. The number of nitrogens with two attached hydrogens (primary N) is 1. The van der Waals surface area contributed by atoms with Crippen molar-refractivity contribution in [2.75, 3.05) is 18.0 Å². The van der Waals surface area contributed by atoms with Crippen molar-refractivity contribution in [2.24, 2.45) is 11.7 Å². The maximum Gasteiger partial charge on any atom is 0.297 e. The zero-order valence-corrected chi connectivity index (χ0v) is 10.7. The highest BCUT2D eigenvalue weighted by Gasteiger charge is 2.19. The number of hydrogen-bond donors (Lipinski definition) is 1. The van der Waals surface area contributed by atoms with Crippen LogP contribution in [-0.2, 0) is 6.54 Å². The Morgan fingerprint density at radius 3 is 3.06 bits per heavy atom. The van der Waals surface area contributed by atoms with E-state index < -0.39 is 0 Å². The van der Waals surface area contributed by atoms with E-state index in [9.17, 15) is 0 Å². The second kappa shape index (κ2) is 6.05. The highest BCUT2D eigenvalue weighted by Crippen LogP contribution is 2.24. The van der Waals surface area contributed by atoms with Crippen LogP contribution in [0.1, 0.15) is 44.7 Å². The zero-order chi connectivity index (χ0) is 12.1. The van der Waals surface area contributed by atoms with Crippen LogP contribution in [0.25, 0.3) is 0 Å². The third-order valence-corrected chi connectivity index (χ3v) is 3.56. The monoisotopic (exact) mass is 237 g/mol. The number of aromatic nitrogens is 1. The Morgan fingerprint density at radius 2 is 2.35 bits per heavy atom. The SMILES string of the molecule is CCCC1CCCN(c2nc(CN)co2)CC1. The molecule has 0 bridgehead atoms. The molecule has 1 atom stereocenters. The van der Waals surface area contributed by atoms with Crippen LogP contribution in [0.2, 0.25) is 0 Å². The summed E-state index contributed by atoms with van der Waals surface area (Å²) in [4.78, 5) is 6.66. The minimum Gasteiger partial charge on any atom is -0.432 e. The summed E-state index contributed by atoms with van der Waals surface area (Å²) < 4.78 is 5.48. The summed E-state index contributed by atoms with van der Waals surface area (Å²) in [5.41, 5.74) is 6.39. The van der Waals surface area contributed by atoms with Gasteiger partial charge < -0.3 is 15.1 Å². The molecule has 2 heterocycles. The van der Waals surface area contributed by atoms with Gasteiger partial charge in [-0.3, -0.25) is 0 Å². The summed E-state index contributed by atoms with van der Waals surface area (Å²) in [6.45, 7) is 4.85. The quantitative estimate of drug-likeness (QED) is 0.874. The maximum atomic E-state index is 5.54. The van der Waals surface area contributed by atoms with E-state index in [2.05, 4.69) is 16.8 Å². The molecule has 0 aromatic carbocycles. The molecule has 1 aliphatic rings. The molecule has 4 nitrogen and oxygen atoms in total. The van der Waals surface area contributed by atoms with E-state index >= 15 is 0 Å². The lowest BCUT2D eigenvalue weighted by atomic mass is 9.96. The minimum absolute atomic E-state index is 0.454. The van der Waals surface area contributed by atoms with Crippen molar-refractivity contribution in [3.8, 4) is 0 Å². The van der Waals surface area contributed by atoms with Gasteiger partial charge in [0.1, 0.15) is 6.26 Å². The molecule has 0 aliphatic carbocycles. The first-order chi connectivity index (χ1) is 8.33. The second-order valence-corrected chi connectivity index (χ2v) is 4.90. The smallest absolute Gasteiger partial charge is 0.297 e. The van der Waals surface area contributed by atoms with E-state index in [0.29, 0.717) is 6.54 Å². The fraction of sp³-hybridized carbons (Fsp3) is 0.769. The molecule has 0 saturated carbocycles. The number of rotatable bonds is 4. The molecule has 0 spiro atoms. The molecule has 17 heavy (non-hydrogen) atoms. The van der Waals surface area contributed by atoms with Crippen molar-refractivity contribution < 1.29 is 4.42 Å². The van der Waals surface area contributed by atoms with Gasteiger partial charge in [0, 0.05) is 19.6 Å². The van der Waals surface area contributed by atoms with E-state index in [1.54, 1.807) is 6.26 Å². The van der Waals surface area contributed by atoms with E-state index in [1.807, 2.05) is 0 Å². The summed E-state index contributed by atoms with van der Waals surface area (Å²) in [7, 11) is 0. The Morgan fingerprint density at radius 1 is 1.47 bits per heavy atom. The average Bonchev–Trinajstić information content (AvgIpc) is 2.70. The predicted octanol–water partition coefficient (Wildman–Crippen LogP) is 2.54. The number of anilines is 1. The Labute approximate surface area is 103 Å². The molecule has 1 aliphatic heterocycles. The highest BCUT2D eigenvalue weighted by atomic mass is 16.4. The Balaban J connectivity index is 1.93. The molecule has 0 amide bonds. The molecule has 4 heteroatoms. The first-order valence-corrected chi connectivity index (χ1v) is 6.73. The van der Waals surface area contributed by atoms with Crippen LogP contribution < -0.4 is 10.6 Å². The van der Waals surface area contributed by atoms with Gasteiger partial charge in [0.25, 0.3) is 6.01 Å². The summed E-state index contributed by atoms with van der Waals surface area (Å²) in [6, 6.07) is 0.752. The molecule has 96 valence electrons. The van der Waals surface area contributed by atoms with E-state index in [4.69, 9.17) is 10.2 Å². The van der Waals surface area contributed by atoms with Gasteiger partial charge in [-0.25, -0.2) is 0 Å². The van der Waals surface area contributed by atoms with Gasteiger partial charge >= 0.3 is 0 Å². The van der Waals surface area contributed by atoms with E-state index in [1.165, 1.54) is 32.1 Å². The minimum atomic E-state index is 0.454. The van der Waals surface area contributed by atoms with Gasteiger partial charge in [0.05, 0.1) is 5.69 Å². The molecule has 1 aromatic heterocycles. The van der Waals surface area contributed by atoms with Gasteiger partial charge in [0.15, 0.2) is 0 Å². The normalized spacial score (nSPS) is 21.5. The van der Waals surface area contributed by atoms with Crippen molar-refractivity contribution in [2.45, 2.75) is 45.6 Å². The van der Waals surface area contributed by atoms with Crippen molar-refractivity contribution in [1.82, 2.24) is 4.98 Å². The molecule has 1 aromatic rings. The third-order valence-electron chi connectivity index (χ3n) is 3.56. The van der Waals surface area contributed by atoms with Crippen LogP contribution in [0.3, 0.4) is 0 Å². The molecule has 1 saturated heterocycles. The maximum absolute atomic E-state index is 5.54. The lowest BCUT2D eigenvalue weighted by molar-refractivity contribution is 0.434. The van der Waals surface area contributed by atoms with Gasteiger partial charge in [-0.1, -0.05) is 19.8 Å². The highest BCUT2D eigenvalue weighted by molar-refractivity contribution is 5.27. The van der Waals surface area contributed by atoms with Gasteiger partial charge in [-0.05, 0) is 25.2 Å². The summed E-state index contributed by atoms with van der Waals surface area (Å²) >= 11 is 0. The van der Waals surface area contributed by atoms with Crippen LogP contribution in [0.5, 0.6) is 0 Å².